The first-order valence-corrected chi connectivity index (χ1v) is 6.21. The number of aromatic nitrogens is 1. The topological polar surface area (TPSA) is 132 Å². The molecule has 0 fully saturated rings. The lowest BCUT2D eigenvalue weighted by atomic mass is 10.1. The number of hydrogen-bond donors (Lipinski definition) is 3. The van der Waals surface area contributed by atoms with Crippen LogP contribution in [0.25, 0.3) is 0 Å². The highest BCUT2D eigenvalue weighted by Gasteiger charge is 2.21. The number of anilines is 1. The molecular formula is C13H17N3O5. The number of hydrogen-bond acceptors (Lipinski definition) is 6. The normalized spacial score (nSPS) is 11.5. The van der Waals surface area contributed by atoms with Gasteiger partial charge < -0.3 is 20.9 Å². The fourth-order valence-corrected chi connectivity index (χ4v) is 1.57. The van der Waals surface area contributed by atoms with Crippen LogP contribution in [-0.4, -0.2) is 41.1 Å². The number of rotatable bonds is 7. The lowest BCUT2D eigenvalue weighted by molar-refractivity contribution is -0.144. The monoisotopic (exact) mass is 295 g/mol. The van der Waals surface area contributed by atoms with E-state index in [-0.39, 0.29) is 19.3 Å². The minimum atomic E-state index is -1.21. The predicted octanol–water partition coefficient (Wildman–Crippen LogP) is -0.271. The molecule has 1 unspecified atom stereocenters. The molecule has 1 heterocycles. The van der Waals surface area contributed by atoms with Crippen molar-refractivity contribution in [2.75, 3.05) is 12.8 Å². The van der Waals surface area contributed by atoms with Crippen molar-refractivity contribution in [3.63, 3.8) is 0 Å². The molecule has 4 N–H and O–H groups in total. The summed E-state index contributed by atoms with van der Waals surface area (Å²) in [4.78, 5) is 37.7. The standard InChI is InChI=1S/C13H17N3O5/c1-21-12(18)5-4-10(13(19)20)16-11(17)6-9-3-2-8(14)7-15-9/h2-3,7,10H,4-6,14H2,1H3,(H,16,17)(H,19,20). The largest absolute Gasteiger partial charge is 0.480 e. The Morgan fingerprint density at radius 2 is 2.14 bits per heavy atom. The maximum atomic E-state index is 11.8. The van der Waals surface area contributed by atoms with Gasteiger partial charge in [-0.05, 0) is 18.6 Å². The highest BCUT2D eigenvalue weighted by molar-refractivity contribution is 5.85. The first-order chi connectivity index (χ1) is 9.92. The number of methoxy groups -OCH3 is 1. The highest BCUT2D eigenvalue weighted by atomic mass is 16.5. The highest BCUT2D eigenvalue weighted by Crippen LogP contribution is 2.04. The lowest BCUT2D eigenvalue weighted by Crippen LogP contribution is -2.41. The van der Waals surface area contributed by atoms with Crippen LogP contribution in [-0.2, 0) is 25.5 Å². The molecule has 8 nitrogen and oxygen atoms in total. The number of carbonyl (C=O) groups is 3. The lowest BCUT2D eigenvalue weighted by Gasteiger charge is -2.13. The number of nitrogen functional groups attached to an aromatic ring is 1. The zero-order valence-corrected chi connectivity index (χ0v) is 11.5. The molecular weight excluding hydrogens is 278 g/mol. The van der Waals surface area contributed by atoms with Crippen molar-refractivity contribution < 1.29 is 24.2 Å². The van der Waals surface area contributed by atoms with Crippen LogP contribution in [0.3, 0.4) is 0 Å². The number of aliphatic carboxylic acids is 1. The van der Waals surface area contributed by atoms with E-state index in [2.05, 4.69) is 15.0 Å². The molecule has 1 aromatic heterocycles. The molecule has 0 spiro atoms. The number of carbonyl (C=O) groups excluding carboxylic acids is 2. The molecule has 0 aliphatic heterocycles. The number of esters is 1. The van der Waals surface area contributed by atoms with E-state index >= 15 is 0 Å². The van der Waals surface area contributed by atoms with E-state index in [1.807, 2.05) is 0 Å². The maximum Gasteiger partial charge on any atom is 0.326 e. The van der Waals surface area contributed by atoms with Crippen LogP contribution < -0.4 is 11.1 Å². The molecule has 1 atom stereocenters. The Hall–Kier alpha value is -2.64. The van der Waals surface area contributed by atoms with Gasteiger partial charge in [0.2, 0.25) is 5.91 Å². The Balaban J connectivity index is 2.54. The quantitative estimate of drug-likeness (QED) is 0.590. The summed E-state index contributed by atoms with van der Waals surface area (Å²) in [6, 6.07) is 2.03. The predicted molar refractivity (Wildman–Crippen MR) is 73.2 cm³/mol. The number of carboxylic acid groups (broad SMARTS) is 1. The SMILES string of the molecule is COC(=O)CCC(NC(=O)Cc1ccc(N)cn1)C(=O)O. The molecule has 0 radical (unpaired) electrons. The zero-order valence-electron chi connectivity index (χ0n) is 11.5. The van der Waals surface area contributed by atoms with E-state index in [4.69, 9.17) is 10.8 Å². The van der Waals surface area contributed by atoms with Crippen molar-refractivity contribution in [1.29, 1.82) is 0 Å². The van der Waals surface area contributed by atoms with Gasteiger partial charge in [-0.2, -0.15) is 0 Å². The van der Waals surface area contributed by atoms with Crippen LogP contribution in [0.15, 0.2) is 18.3 Å². The summed E-state index contributed by atoms with van der Waals surface area (Å²) in [5, 5.41) is 11.4. The molecule has 0 aliphatic carbocycles. The second kappa shape index (κ2) is 7.83. The Labute approximate surface area is 121 Å². The van der Waals surface area contributed by atoms with Crippen LogP contribution in [0.5, 0.6) is 0 Å². The molecule has 0 bridgehead atoms. The molecule has 0 aromatic carbocycles. The number of nitrogens with one attached hydrogen (secondary N) is 1. The van der Waals surface area contributed by atoms with Crippen molar-refractivity contribution in [3.8, 4) is 0 Å². The van der Waals surface area contributed by atoms with E-state index in [1.54, 1.807) is 12.1 Å². The van der Waals surface area contributed by atoms with Gasteiger partial charge in [-0.3, -0.25) is 14.6 Å². The van der Waals surface area contributed by atoms with E-state index in [9.17, 15) is 14.4 Å². The summed E-state index contributed by atoms with van der Waals surface area (Å²) in [5.74, 6) is -2.24. The number of carboxylic acids is 1. The Kier molecular flexibility index (Phi) is 6.12. The summed E-state index contributed by atoms with van der Waals surface area (Å²) < 4.78 is 4.43. The molecule has 114 valence electrons. The van der Waals surface area contributed by atoms with Gasteiger partial charge in [-0.15, -0.1) is 0 Å². The van der Waals surface area contributed by atoms with Gasteiger partial charge in [0.05, 0.1) is 25.4 Å². The number of nitrogens with zero attached hydrogens (tertiary/aromatic N) is 1. The number of nitrogens with two attached hydrogens (primary N) is 1. The molecule has 21 heavy (non-hydrogen) atoms. The summed E-state index contributed by atoms with van der Waals surface area (Å²) in [6.07, 6.45) is 1.22. The van der Waals surface area contributed by atoms with Gasteiger partial charge in [0.1, 0.15) is 6.04 Å². The smallest absolute Gasteiger partial charge is 0.326 e. The first kappa shape index (κ1) is 16.4. The summed E-state index contributed by atoms with van der Waals surface area (Å²) >= 11 is 0. The minimum Gasteiger partial charge on any atom is -0.480 e. The summed E-state index contributed by atoms with van der Waals surface area (Å²) in [6.45, 7) is 0. The minimum absolute atomic E-state index is 0.0388. The molecule has 0 saturated carbocycles. The number of pyridine rings is 1. The third-order valence-corrected chi connectivity index (χ3v) is 2.69. The van der Waals surface area contributed by atoms with Gasteiger partial charge in [0, 0.05) is 12.1 Å². The van der Waals surface area contributed by atoms with Crippen molar-refractivity contribution >= 4 is 23.5 Å². The first-order valence-electron chi connectivity index (χ1n) is 6.21. The van der Waals surface area contributed by atoms with Crippen LogP contribution in [0.1, 0.15) is 18.5 Å². The van der Waals surface area contributed by atoms with Gasteiger partial charge in [-0.25, -0.2) is 4.79 Å². The molecule has 0 saturated heterocycles. The number of ether oxygens (including phenoxy) is 1. The van der Waals surface area contributed by atoms with E-state index < -0.39 is 23.9 Å². The van der Waals surface area contributed by atoms with Crippen molar-refractivity contribution in [1.82, 2.24) is 10.3 Å². The second-order valence-corrected chi connectivity index (χ2v) is 4.33. The third kappa shape index (κ3) is 5.89. The van der Waals surface area contributed by atoms with Crippen molar-refractivity contribution in [2.24, 2.45) is 0 Å². The average Bonchev–Trinajstić information content (AvgIpc) is 2.45. The Morgan fingerprint density at radius 3 is 2.67 bits per heavy atom. The van der Waals surface area contributed by atoms with Crippen LogP contribution >= 0.6 is 0 Å². The van der Waals surface area contributed by atoms with Gasteiger partial charge in [-0.1, -0.05) is 0 Å². The molecule has 0 aliphatic rings. The molecule has 1 aromatic rings. The maximum absolute atomic E-state index is 11.8. The van der Waals surface area contributed by atoms with E-state index in [0.717, 1.165) is 0 Å². The fraction of sp³-hybridized carbons (Fsp3) is 0.385. The third-order valence-electron chi connectivity index (χ3n) is 2.69. The van der Waals surface area contributed by atoms with Crippen LogP contribution in [0.4, 0.5) is 5.69 Å². The average molecular weight is 295 g/mol. The van der Waals surface area contributed by atoms with Crippen LogP contribution in [0, 0.1) is 0 Å². The molecule has 1 rings (SSSR count). The van der Waals surface area contributed by atoms with E-state index in [1.165, 1.54) is 13.3 Å². The van der Waals surface area contributed by atoms with Crippen molar-refractivity contribution in [3.05, 3.63) is 24.0 Å². The summed E-state index contributed by atoms with van der Waals surface area (Å²) in [5.41, 5.74) is 6.42. The summed E-state index contributed by atoms with van der Waals surface area (Å²) in [7, 11) is 1.21. The Bertz CT molecular complexity index is 515. The van der Waals surface area contributed by atoms with Gasteiger partial charge in [0.25, 0.3) is 0 Å². The van der Waals surface area contributed by atoms with E-state index in [0.29, 0.717) is 11.4 Å². The van der Waals surface area contributed by atoms with Crippen LogP contribution in [0.2, 0.25) is 0 Å². The van der Waals surface area contributed by atoms with Gasteiger partial charge >= 0.3 is 11.9 Å². The fourth-order valence-electron chi connectivity index (χ4n) is 1.57. The van der Waals surface area contributed by atoms with Gasteiger partial charge in [0.15, 0.2) is 0 Å². The molecule has 1 amide bonds. The molecule has 8 heteroatoms. The number of amides is 1. The zero-order chi connectivity index (χ0) is 15.8. The van der Waals surface area contributed by atoms with Crippen molar-refractivity contribution in [2.45, 2.75) is 25.3 Å². The Morgan fingerprint density at radius 1 is 1.43 bits per heavy atom. The second-order valence-electron chi connectivity index (χ2n) is 4.33.